The molecule has 0 spiro atoms. The van der Waals surface area contributed by atoms with Crippen molar-refractivity contribution < 1.29 is 22.8 Å². The van der Waals surface area contributed by atoms with Crippen LogP contribution in [0.3, 0.4) is 0 Å². The molecule has 14 heavy (non-hydrogen) atoms. The molecule has 0 saturated carbocycles. The second kappa shape index (κ2) is 10.6. The van der Waals surface area contributed by atoms with Crippen molar-refractivity contribution in [3.63, 3.8) is 0 Å². The fourth-order valence-corrected chi connectivity index (χ4v) is 0.680. The first kappa shape index (κ1) is 13.5. The molecule has 0 heterocycles. The Labute approximate surface area is 102 Å². The van der Waals surface area contributed by atoms with E-state index in [9.17, 15) is 0 Å². The first-order valence-electron chi connectivity index (χ1n) is 4.68. The van der Waals surface area contributed by atoms with Gasteiger partial charge in [0, 0.05) is 0 Å². The van der Waals surface area contributed by atoms with E-state index in [1.807, 2.05) is 24.3 Å². The summed E-state index contributed by atoms with van der Waals surface area (Å²) in [4.78, 5) is 0. The van der Waals surface area contributed by atoms with Crippen molar-refractivity contribution in [1.29, 1.82) is 0 Å². The predicted molar refractivity (Wildman–Crippen MR) is 61.7 cm³/mol. The van der Waals surface area contributed by atoms with Crippen LogP contribution in [0.2, 0.25) is 0 Å². The van der Waals surface area contributed by atoms with Gasteiger partial charge in [-0.15, -0.1) is 12.8 Å². The van der Waals surface area contributed by atoms with Crippen molar-refractivity contribution in [2.45, 2.75) is 26.7 Å². The first-order valence-corrected chi connectivity index (χ1v) is 5.47. The average Bonchev–Trinajstić information content (AvgIpc) is 2.83. The molecule has 0 nitrogen and oxygen atoms in total. The van der Waals surface area contributed by atoms with E-state index in [-0.39, 0.29) is 2.85 Å². The molecule has 2 aliphatic rings. The van der Waals surface area contributed by atoms with Gasteiger partial charge in [0.2, 0.25) is 0 Å². The molecule has 2 aliphatic carbocycles. The maximum atomic E-state index is 2.99. The van der Waals surface area contributed by atoms with Crippen LogP contribution in [0, 0.1) is 12.2 Å². The summed E-state index contributed by atoms with van der Waals surface area (Å²) in [5, 5.41) is 0. The third kappa shape index (κ3) is 14.1. The van der Waals surface area contributed by atoms with Gasteiger partial charge in [-0.1, -0.05) is 0 Å². The smallest absolute Gasteiger partial charge is 0.109 e. The minimum Gasteiger partial charge on any atom is -1.00 e. The van der Waals surface area contributed by atoms with Crippen LogP contribution in [0.5, 0.6) is 0 Å². The molecule has 2 rings (SSSR count). The van der Waals surface area contributed by atoms with Gasteiger partial charge in [0.05, 0.1) is 0 Å². The Kier molecular flexibility index (Phi) is 10.3. The van der Waals surface area contributed by atoms with Crippen LogP contribution < -0.4 is 0 Å². The topological polar surface area (TPSA) is 0 Å². The number of hydrogen-bond acceptors (Lipinski definition) is 0. The minimum atomic E-state index is 0. The molecule has 0 N–H and O–H groups in total. The quantitative estimate of drug-likeness (QED) is 0.434. The van der Waals surface area contributed by atoms with Crippen LogP contribution in [0.4, 0.5) is 0 Å². The van der Waals surface area contributed by atoms with Crippen molar-refractivity contribution in [3.8, 4) is 0 Å². The Morgan fingerprint density at radius 1 is 1.07 bits per heavy atom. The van der Waals surface area contributed by atoms with Crippen molar-refractivity contribution in [1.82, 2.24) is 0 Å². The summed E-state index contributed by atoms with van der Waals surface area (Å²) in [6, 6.07) is 0. The number of rotatable bonds is 0. The molecule has 0 aromatic rings. The van der Waals surface area contributed by atoms with E-state index in [1.165, 1.54) is 3.81 Å². The molecule has 0 atom stereocenters. The minimum absolute atomic E-state index is 0. The third-order valence-corrected chi connectivity index (χ3v) is 1.17. The summed E-state index contributed by atoms with van der Waals surface area (Å²) in [5.41, 5.74) is 0. The van der Waals surface area contributed by atoms with Gasteiger partial charge >= 0.3 is 37.6 Å². The molecular formula is C13H18Ti-2. The Morgan fingerprint density at radius 2 is 1.43 bits per heavy atom. The Morgan fingerprint density at radius 3 is 1.50 bits per heavy atom. The zero-order chi connectivity index (χ0) is 10.6. The molecule has 0 aromatic heterocycles. The van der Waals surface area contributed by atoms with E-state index in [0.717, 1.165) is 12.8 Å². The molecule has 0 aromatic carbocycles. The van der Waals surface area contributed by atoms with Gasteiger partial charge in [-0.3, -0.25) is 12.2 Å². The summed E-state index contributed by atoms with van der Waals surface area (Å²) < 4.78 is 1.42. The molecule has 0 radical (unpaired) electrons. The van der Waals surface area contributed by atoms with Crippen LogP contribution in [0.25, 0.3) is 0 Å². The fourth-order valence-electron chi connectivity index (χ4n) is 0.680. The Bertz CT molecular complexity index is 217. The van der Waals surface area contributed by atoms with E-state index in [2.05, 4.69) is 58.1 Å². The van der Waals surface area contributed by atoms with Crippen LogP contribution in [-0.2, 0) is 20.0 Å². The zero-order valence-electron chi connectivity index (χ0n) is 10.9. The molecule has 0 amide bonds. The molecule has 1 heteroatoms. The molecular weight excluding hydrogens is 204 g/mol. The average molecular weight is 222 g/mol. The summed E-state index contributed by atoms with van der Waals surface area (Å²) in [7, 11) is 0. The third-order valence-electron chi connectivity index (χ3n) is 1.17. The van der Waals surface area contributed by atoms with Gasteiger partial charge in [0.15, 0.2) is 0 Å². The molecule has 0 fully saturated rings. The van der Waals surface area contributed by atoms with Gasteiger partial charge in [0.25, 0.3) is 0 Å². The zero-order valence-corrected chi connectivity index (χ0v) is 10.4. The van der Waals surface area contributed by atoms with Crippen LogP contribution in [-0.4, -0.2) is 3.81 Å². The number of allylic oxidation sites excluding steroid dienone is 8. The standard InChI is InChI=1S/2C5H5.C3H6.Ti.2H/c2*1-2-4-5-3-1;1-3-2;;;/h2*1-3H,4H2;1-2H3;;;/q2*-1;;+2;2*-1. The van der Waals surface area contributed by atoms with Crippen molar-refractivity contribution in [2.75, 3.05) is 0 Å². The van der Waals surface area contributed by atoms with Crippen LogP contribution in [0.15, 0.2) is 36.5 Å². The monoisotopic (exact) mass is 222 g/mol. The molecule has 0 unspecified atom stereocenters. The normalized spacial score (nSPS) is 14.6. The van der Waals surface area contributed by atoms with Gasteiger partial charge in [-0.05, 0) is 0 Å². The first-order chi connectivity index (χ1) is 6.73. The van der Waals surface area contributed by atoms with Gasteiger partial charge in [-0.2, -0.15) is 12.2 Å². The maximum absolute atomic E-state index is 2.99. The summed E-state index contributed by atoms with van der Waals surface area (Å²) in [5.74, 6) is 0. The maximum Gasteiger partial charge on any atom is -0.109 e. The Hall–Kier alpha value is -0.456. The molecule has 0 aliphatic heterocycles. The van der Waals surface area contributed by atoms with E-state index >= 15 is 0 Å². The summed E-state index contributed by atoms with van der Waals surface area (Å²) >= 11 is 2.08. The summed E-state index contributed by atoms with van der Waals surface area (Å²) in [6.07, 6.45) is 20.0. The largest absolute Gasteiger partial charge is 1.00 e. The molecule has 0 bridgehead atoms. The van der Waals surface area contributed by atoms with Gasteiger partial charge in [-0.25, -0.2) is 24.3 Å². The predicted octanol–water partition coefficient (Wildman–Crippen LogP) is 3.58. The SMILES string of the molecule is C[C](C)=[Ti+2].[C-]1=CC=CC1.[C-]1=CC=CC1.[H-].[H-]. The second-order valence-corrected chi connectivity index (χ2v) is 4.57. The van der Waals surface area contributed by atoms with Gasteiger partial charge < -0.3 is 2.85 Å². The number of hydrogen-bond donors (Lipinski definition) is 0. The molecule has 0 saturated heterocycles. The van der Waals surface area contributed by atoms with E-state index < -0.39 is 0 Å². The fraction of sp³-hybridized carbons (Fsp3) is 0.308. The summed E-state index contributed by atoms with van der Waals surface area (Å²) in [6.45, 7) is 4.17. The molecule has 76 valence electrons. The van der Waals surface area contributed by atoms with Gasteiger partial charge in [0.1, 0.15) is 0 Å². The van der Waals surface area contributed by atoms with Crippen LogP contribution >= 0.6 is 0 Å². The Balaban J connectivity index is -0.000000151. The second-order valence-electron chi connectivity index (χ2n) is 3.01. The van der Waals surface area contributed by atoms with Crippen molar-refractivity contribution in [3.05, 3.63) is 48.6 Å². The van der Waals surface area contributed by atoms with Crippen molar-refractivity contribution >= 4 is 3.81 Å². The van der Waals surface area contributed by atoms with E-state index in [4.69, 9.17) is 0 Å². The van der Waals surface area contributed by atoms with Crippen LogP contribution in [0.1, 0.15) is 29.5 Å². The van der Waals surface area contributed by atoms with Crippen molar-refractivity contribution in [2.24, 2.45) is 0 Å². The van der Waals surface area contributed by atoms with E-state index in [0.29, 0.717) is 0 Å². The van der Waals surface area contributed by atoms with E-state index in [1.54, 1.807) is 0 Å².